The minimum atomic E-state index is -0.705. The van der Waals surface area contributed by atoms with Gasteiger partial charge in [-0.05, 0) is 24.1 Å². The predicted molar refractivity (Wildman–Crippen MR) is 104 cm³/mol. The molecule has 0 fully saturated rings. The lowest BCUT2D eigenvalue weighted by Gasteiger charge is -2.21. The molecule has 0 radical (unpaired) electrons. The van der Waals surface area contributed by atoms with Crippen molar-refractivity contribution in [2.45, 2.75) is 63.6 Å². The van der Waals surface area contributed by atoms with Gasteiger partial charge in [-0.2, -0.15) is 0 Å². The SMILES string of the molecule is C=CC[C@@H](C[C@@H](O)CC(=O)SC(C)(C)C)OCc1ccc(OC)cc1. The van der Waals surface area contributed by atoms with Gasteiger partial charge in [0.1, 0.15) is 5.75 Å². The molecular weight excluding hydrogens is 336 g/mol. The normalized spacial score (nSPS) is 14.0. The van der Waals surface area contributed by atoms with Crippen molar-refractivity contribution in [2.24, 2.45) is 0 Å². The van der Waals surface area contributed by atoms with Gasteiger partial charge in [-0.25, -0.2) is 0 Å². The van der Waals surface area contributed by atoms with Crippen LogP contribution in [-0.4, -0.2) is 34.3 Å². The Morgan fingerprint density at radius 3 is 2.48 bits per heavy atom. The van der Waals surface area contributed by atoms with Crippen molar-refractivity contribution in [2.75, 3.05) is 7.11 Å². The fraction of sp³-hybridized carbons (Fsp3) is 0.550. The van der Waals surface area contributed by atoms with Crippen molar-refractivity contribution in [1.82, 2.24) is 0 Å². The van der Waals surface area contributed by atoms with Gasteiger partial charge in [0, 0.05) is 17.6 Å². The molecule has 140 valence electrons. The lowest BCUT2D eigenvalue weighted by atomic mass is 10.1. The third kappa shape index (κ3) is 9.68. The first-order valence-electron chi connectivity index (χ1n) is 8.49. The maximum Gasteiger partial charge on any atom is 0.192 e. The molecule has 0 unspecified atom stereocenters. The lowest BCUT2D eigenvalue weighted by Crippen LogP contribution is -2.23. The maximum atomic E-state index is 12.0. The Hall–Kier alpha value is -1.30. The van der Waals surface area contributed by atoms with Gasteiger partial charge in [-0.3, -0.25) is 4.79 Å². The van der Waals surface area contributed by atoms with E-state index in [9.17, 15) is 9.90 Å². The Labute approximate surface area is 155 Å². The van der Waals surface area contributed by atoms with Gasteiger partial charge in [-0.1, -0.05) is 50.7 Å². The Kier molecular flexibility index (Phi) is 9.25. The van der Waals surface area contributed by atoms with Gasteiger partial charge in [0.15, 0.2) is 5.12 Å². The molecule has 0 aromatic heterocycles. The van der Waals surface area contributed by atoms with Gasteiger partial charge in [-0.15, -0.1) is 6.58 Å². The number of hydrogen-bond donors (Lipinski definition) is 1. The molecule has 0 heterocycles. The number of ether oxygens (including phenoxy) is 2. The monoisotopic (exact) mass is 366 g/mol. The summed E-state index contributed by atoms with van der Waals surface area (Å²) in [5.74, 6) is 0.802. The highest BCUT2D eigenvalue weighted by molar-refractivity contribution is 8.14. The fourth-order valence-electron chi connectivity index (χ4n) is 2.32. The summed E-state index contributed by atoms with van der Waals surface area (Å²) in [7, 11) is 1.63. The summed E-state index contributed by atoms with van der Waals surface area (Å²) >= 11 is 1.27. The summed E-state index contributed by atoms with van der Waals surface area (Å²) in [5.41, 5.74) is 1.03. The zero-order valence-corrected chi connectivity index (χ0v) is 16.5. The van der Waals surface area contributed by atoms with Crippen LogP contribution < -0.4 is 4.74 Å². The molecule has 0 amide bonds. The van der Waals surface area contributed by atoms with E-state index in [2.05, 4.69) is 6.58 Å². The van der Waals surface area contributed by atoms with Gasteiger partial charge in [0.05, 0.1) is 25.9 Å². The third-order valence-electron chi connectivity index (χ3n) is 3.43. The maximum absolute atomic E-state index is 12.0. The summed E-state index contributed by atoms with van der Waals surface area (Å²) in [6, 6.07) is 7.67. The van der Waals surface area contributed by atoms with E-state index >= 15 is 0 Å². The zero-order chi connectivity index (χ0) is 18.9. The highest BCUT2D eigenvalue weighted by atomic mass is 32.2. The van der Waals surface area contributed by atoms with E-state index in [0.29, 0.717) is 19.4 Å². The lowest BCUT2D eigenvalue weighted by molar-refractivity contribution is -0.113. The first-order valence-corrected chi connectivity index (χ1v) is 9.30. The zero-order valence-electron chi connectivity index (χ0n) is 15.7. The number of thioether (sulfide) groups is 1. The van der Waals surface area contributed by atoms with Crippen LogP contribution in [0.15, 0.2) is 36.9 Å². The van der Waals surface area contributed by atoms with E-state index in [0.717, 1.165) is 11.3 Å². The Morgan fingerprint density at radius 1 is 1.32 bits per heavy atom. The van der Waals surface area contributed by atoms with Crippen LogP contribution in [0.4, 0.5) is 0 Å². The van der Waals surface area contributed by atoms with Crippen LogP contribution in [0.5, 0.6) is 5.75 Å². The summed E-state index contributed by atoms with van der Waals surface area (Å²) in [6.07, 6.45) is 2.09. The average Bonchev–Trinajstić information content (AvgIpc) is 2.51. The highest BCUT2D eigenvalue weighted by Gasteiger charge is 2.21. The van der Waals surface area contributed by atoms with E-state index < -0.39 is 6.10 Å². The molecule has 1 aromatic carbocycles. The van der Waals surface area contributed by atoms with Crippen molar-refractivity contribution in [3.8, 4) is 5.75 Å². The molecule has 25 heavy (non-hydrogen) atoms. The first-order chi connectivity index (χ1) is 11.7. The second-order valence-corrected chi connectivity index (χ2v) is 8.87. The molecule has 1 aromatic rings. The average molecular weight is 367 g/mol. The molecule has 2 atom stereocenters. The van der Waals surface area contributed by atoms with E-state index in [-0.39, 0.29) is 22.4 Å². The largest absolute Gasteiger partial charge is 0.497 e. The molecule has 5 heteroatoms. The van der Waals surface area contributed by atoms with Crippen molar-refractivity contribution < 1.29 is 19.4 Å². The fourth-order valence-corrected chi connectivity index (χ4v) is 3.28. The van der Waals surface area contributed by atoms with Crippen molar-refractivity contribution in [3.05, 3.63) is 42.5 Å². The molecular formula is C20H30O4S. The van der Waals surface area contributed by atoms with Crippen LogP contribution in [0.25, 0.3) is 0 Å². The van der Waals surface area contributed by atoms with E-state index in [1.54, 1.807) is 13.2 Å². The second kappa shape index (κ2) is 10.6. The standard InChI is InChI=1S/C20H30O4S/c1-6-7-18(12-16(21)13-19(22)25-20(2,3)4)24-14-15-8-10-17(23-5)11-9-15/h6,8-11,16,18,21H,1,7,12-14H2,2-5H3/t16-,18+/m1/s1. The van der Waals surface area contributed by atoms with Gasteiger partial charge in [0.2, 0.25) is 0 Å². The number of carbonyl (C=O) groups is 1. The molecule has 0 aliphatic heterocycles. The van der Waals surface area contributed by atoms with E-state index in [1.165, 1.54) is 11.8 Å². The van der Waals surface area contributed by atoms with Crippen molar-refractivity contribution in [1.29, 1.82) is 0 Å². The number of methoxy groups -OCH3 is 1. The van der Waals surface area contributed by atoms with E-state index in [4.69, 9.17) is 9.47 Å². The van der Waals surface area contributed by atoms with Crippen molar-refractivity contribution >= 4 is 16.9 Å². The molecule has 0 aliphatic carbocycles. The van der Waals surface area contributed by atoms with Crippen LogP contribution in [0.1, 0.15) is 45.6 Å². The van der Waals surface area contributed by atoms with Crippen LogP contribution in [0.3, 0.4) is 0 Å². The number of rotatable bonds is 10. The molecule has 1 N–H and O–H groups in total. The summed E-state index contributed by atoms with van der Waals surface area (Å²) in [4.78, 5) is 12.0. The smallest absolute Gasteiger partial charge is 0.192 e. The molecule has 0 saturated carbocycles. The van der Waals surface area contributed by atoms with Crippen LogP contribution in [-0.2, 0) is 16.1 Å². The topological polar surface area (TPSA) is 55.8 Å². The summed E-state index contributed by atoms with van der Waals surface area (Å²) in [6.45, 7) is 10.1. The summed E-state index contributed by atoms with van der Waals surface area (Å²) in [5, 5.41) is 10.2. The van der Waals surface area contributed by atoms with Gasteiger partial charge >= 0.3 is 0 Å². The number of benzene rings is 1. The number of carbonyl (C=O) groups excluding carboxylic acids is 1. The highest BCUT2D eigenvalue weighted by Crippen LogP contribution is 2.26. The summed E-state index contributed by atoms with van der Waals surface area (Å²) < 4.78 is 10.9. The van der Waals surface area contributed by atoms with Crippen molar-refractivity contribution in [3.63, 3.8) is 0 Å². The molecule has 4 nitrogen and oxygen atoms in total. The van der Waals surface area contributed by atoms with Crippen LogP contribution in [0, 0.1) is 0 Å². The molecule has 0 aliphatic rings. The quantitative estimate of drug-likeness (QED) is 0.624. The molecule has 0 bridgehead atoms. The number of aliphatic hydroxyl groups is 1. The minimum Gasteiger partial charge on any atom is -0.497 e. The number of aliphatic hydroxyl groups excluding tert-OH is 1. The van der Waals surface area contributed by atoms with Gasteiger partial charge < -0.3 is 14.6 Å². The first kappa shape index (κ1) is 21.7. The van der Waals surface area contributed by atoms with E-state index in [1.807, 2.05) is 45.0 Å². The Bertz CT molecular complexity index is 534. The molecule has 0 saturated heterocycles. The number of hydrogen-bond acceptors (Lipinski definition) is 5. The Balaban J connectivity index is 2.49. The molecule has 1 rings (SSSR count). The minimum absolute atomic E-state index is 0.00695. The third-order valence-corrected chi connectivity index (χ3v) is 4.44. The van der Waals surface area contributed by atoms with Gasteiger partial charge in [0.25, 0.3) is 0 Å². The van der Waals surface area contributed by atoms with Crippen LogP contribution in [0.2, 0.25) is 0 Å². The predicted octanol–water partition coefficient (Wildman–Crippen LogP) is 4.36. The molecule has 0 spiro atoms. The second-order valence-electron chi connectivity index (χ2n) is 6.99. The Morgan fingerprint density at radius 2 is 1.96 bits per heavy atom. The van der Waals surface area contributed by atoms with Crippen LogP contribution >= 0.6 is 11.8 Å².